The lowest BCUT2D eigenvalue weighted by atomic mass is 10.0. The average Bonchev–Trinajstić information content (AvgIpc) is 3.05. The van der Waals surface area contributed by atoms with Gasteiger partial charge in [-0.1, -0.05) is 18.5 Å². The fraction of sp³-hybridized carbons (Fsp3) is 0.333. The van der Waals surface area contributed by atoms with Gasteiger partial charge in [-0.15, -0.1) is 10.2 Å². The highest BCUT2D eigenvalue weighted by Gasteiger charge is 2.28. The Labute approximate surface area is 162 Å². The highest BCUT2D eigenvalue weighted by molar-refractivity contribution is 7.89. The summed E-state index contributed by atoms with van der Waals surface area (Å²) in [6.45, 7) is 3.29. The highest BCUT2D eigenvalue weighted by Crippen LogP contribution is 2.26. The number of aromatic nitrogens is 3. The summed E-state index contributed by atoms with van der Waals surface area (Å²) in [4.78, 5) is 1.73. The second kappa shape index (κ2) is 6.78. The number of halogens is 1. The van der Waals surface area contributed by atoms with Crippen LogP contribution in [0.15, 0.2) is 41.3 Å². The van der Waals surface area contributed by atoms with Gasteiger partial charge in [-0.05, 0) is 55.2 Å². The van der Waals surface area contributed by atoms with E-state index in [1.54, 1.807) is 40.7 Å². The van der Waals surface area contributed by atoms with Crippen molar-refractivity contribution in [3.63, 3.8) is 0 Å². The molecule has 2 heterocycles. The largest absolute Gasteiger partial charge is 0.397 e. The Morgan fingerprint density at radius 3 is 2.30 bits per heavy atom. The van der Waals surface area contributed by atoms with Crippen molar-refractivity contribution in [2.24, 2.45) is 5.92 Å². The zero-order valence-corrected chi connectivity index (χ0v) is 16.4. The summed E-state index contributed by atoms with van der Waals surface area (Å²) in [6.07, 6.45) is 1.79. The molecule has 1 saturated heterocycles. The summed E-state index contributed by atoms with van der Waals surface area (Å²) < 4.78 is 27.2. The maximum atomic E-state index is 12.8. The molecule has 142 valence electrons. The third-order valence-electron chi connectivity index (χ3n) is 4.95. The number of fused-ring (bicyclic) bond motifs is 1. The molecule has 1 aliphatic heterocycles. The van der Waals surface area contributed by atoms with Crippen LogP contribution in [0.25, 0.3) is 16.7 Å². The number of piperidine rings is 1. The fourth-order valence-electron chi connectivity index (χ4n) is 3.20. The van der Waals surface area contributed by atoms with Gasteiger partial charge in [-0.25, -0.2) is 8.42 Å². The zero-order chi connectivity index (χ0) is 19.2. The first kappa shape index (κ1) is 18.2. The molecule has 0 bridgehead atoms. The first-order valence-electron chi connectivity index (χ1n) is 8.77. The lowest BCUT2D eigenvalue weighted by Crippen LogP contribution is -2.37. The number of nitrogens with two attached hydrogens (primary N) is 1. The predicted molar refractivity (Wildman–Crippen MR) is 105 cm³/mol. The summed E-state index contributed by atoms with van der Waals surface area (Å²) in [6, 6.07) is 9.91. The van der Waals surface area contributed by atoms with Crippen LogP contribution in [0.1, 0.15) is 19.8 Å². The van der Waals surface area contributed by atoms with Crippen molar-refractivity contribution in [1.29, 1.82) is 0 Å². The van der Waals surface area contributed by atoms with Gasteiger partial charge < -0.3 is 5.73 Å². The fourth-order valence-corrected chi connectivity index (χ4v) is 4.82. The molecule has 3 aromatic rings. The van der Waals surface area contributed by atoms with Gasteiger partial charge in [0.15, 0.2) is 0 Å². The molecule has 0 radical (unpaired) electrons. The van der Waals surface area contributed by atoms with Gasteiger partial charge in [0.1, 0.15) is 11.0 Å². The summed E-state index contributed by atoms with van der Waals surface area (Å²) in [7, 11) is -3.47. The Balaban J connectivity index is 1.62. The highest BCUT2D eigenvalue weighted by atomic mass is 35.5. The number of nitrogens with zero attached hydrogens (tertiary/aromatic N) is 4. The summed E-state index contributed by atoms with van der Waals surface area (Å²) >= 11 is 6.02. The van der Waals surface area contributed by atoms with Crippen LogP contribution >= 0.6 is 11.6 Å². The Morgan fingerprint density at radius 1 is 1.07 bits per heavy atom. The van der Waals surface area contributed by atoms with Crippen molar-refractivity contribution in [2.75, 3.05) is 18.8 Å². The molecular weight excluding hydrogens is 386 g/mol. The average molecular weight is 406 g/mol. The molecule has 0 aliphatic carbocycles. The Bertz CT molecular complexity index is 1050. The van der Waals surface area contributed by atoms with Gasteiger partial charge in [0, 0.05) is 13.1 Å². The number of sulfonamides is 1. The van der Waals surface area contributed by atoms with Crippen LogP contribution < -0.4 is 5.73 Å². The number of anilines is 1. The van der Waals surface area contributed by atoms with E-state index in [0.717, 1.165) is 12.8 Å². The van der Waals surface area contributed by atoms with Crippen LogP contribution in [0, 0.1) is 5.92 Å². The van der Waals surface area contributed by atoms with E-state index in [-0.39, 0.29) is 4.90 Å². The number of hydrogen-bond donors (Lipinski definition) is 1. The van der Waals surface area contributed by atoms with Gasteiger partial charge in [0.25, 0.3) is 0 Å². The van der Waals surface area contributed by atoms with Gasteiger partial charge in [0.2, 0.25) is 10.0 Å². The summed E-state index contributed by atoms with van der Waals surface area (Å²) in [5.74, 6) is 0.571. The first-order chi connectivity index (χ1) is 12.8. The van der Waals surface area contributed by atoms with Crippen LogP contribution in [0.4, 0.5) is 5.69 Å². The topological polar surface area (TPSA) is 94.1 Å². The van der Waals surface area contributed by atoms with E-state index in [1.807, 2.05) is 0 Å². The number of nitrogen functional groups attached to an aromatic ring is 1. The SMILES string of the molecule is CC1CCN(S(=O)(=O)c2ccc(-n3nc4cc(N)c(Cl)cc4n3)cc2)CC1. The van der Waals surface area contributed by atoms with Crippen LogP contribution in [0.2, 0.25) is 5.02 Å². The molecule has 7 nitrogen and oxygen atoms in total. The van der Waals surface area contributed by atoms with E-state index in [1.165, 1.54) is 4.80 Å². The van der Waals surface area contributed by atoms with E-state index in [2.05, 4.69) is 17.1 Å². The van der Waals surface area contributed by atoms with Gasteiger partial charge in [-0.3, -0.25) is 0 Å². The van der Waals surface area contributed by atoms with Crippen molar-refractivity contribution in [1.82, 2.24) is 19.3 Å². The molecule has 1 aliphatic rings. The van der Waals surface area contributed by atoms with Gasteiger partial charge >= 0.3 is 0 Å². The third kappa shape index (κ3) is 3.40. The van der Waals surface area contributed by atoms with E-state index in [9.17, 15) is 8.42 Å². The molecule has 1 aromatic heterocycles. The Morgan fingerprint density at radius 2 is 1.67 bits per heavy atom. The van der Waals surface area contributed by atoms with E-state index >= 15 is 0 Å². The van der Waals surface area contributed by atoms with Crippen molar-refractivity contribution in [2.45, 2.75) is 24.7 Å². The van der Waals surface area contributed by atoms with Crippen LogP contribution in [-0.2, 0) is 10.0 Å². The second-order valence-electron chi connectivity index (χ2n) is 6.93. The smallest absolute Gasteiger partial charge is 0.243 e. The molecule has 1 fully saturated rings. The molecule has 0 amide bonds. The monoisotopic (exact) mass is 405 g/mol. The lowest BCUT2D eigenvalue weighted by Gasteiger charge is -2.29. The molecule has 4 rings (SSSR count). The molecule has 0 atom stereocenters. The van der Waals surface area contributed by atoms with Gasteiger partial charge in [-0.2, -0.15) is 9.10 Å². The minimum absolute atomic E-state index is 0.282. The quantitative estimate of drug-likeness (QED) is 0.676. The zero-order valence-electron chi connectivity index (χ0n) is 14.8. The number of rotatable bonds is 3. The normalized spacial score (nSPS) is 16.8. The summed E-state index contributed by atoms with van der Waals surface area (Å²) in [5, 5.41) is 9.19. The molecule has 0 unspecified atom stereocenters. The lowest BCUT2D eigenvalue weighted by molar-refractivity contribution is 0.288. The van der Waals surface area contributed by atoms with Crippen molar-refractivity contribution in [3.8, 4) is 5.69 Å². The third-order valence-corrected chi connectivity index (χ3v) is 7.19. The standard InChI is InChI=1S/C18H20ClN5O2S/c1-12-6-8-23(9-7-12)27(25,26)14-4-2-13(3-5-14)24-21-17-10-15(19)16(20)11-18(17)22-24/h2-5,10-12H,6-9,20H2,1H3. The van der Waals surface area contributed by atoms with E-state index in [4.69, 9.17) is 17.3 Å². The number of benzene rings is 2. The van der Waals surface area contributed by atoms with Crippen molar-refractivity contribution < 1.29 is 8.42 Å². The molecule has 0 spiro atoms. The van der Waals surface area contributed by atoms with Crippen LogP contribution in [0.5, 0.6) is 0 Å². The minimum atomic E-state index is -3.47. The van der Waals surface area contributed by atoms with E-state index < -0.39 is 10.0 Å². The Hall–Kier alpha value is -2.16. The maximum absolute atomic E-state index is 12.8. The molecule has 2 N–H and O–H groups in total. The predicted octanol–water partition coefficient (Wildman–Crippen LogP) is 3.08. The van der Waals surface area contributed by atoms with Crippen molar-refractivity contribution in [3.05, 3.63) is 41.4 Å². The second-order valence-corrected chi connectivity index (χ2v) is 9.28. The maximum Gasteiger partial charge on any atom is 0.243 e. The molecule has 27 heavy (non-hydrogen) atoms. The van der Waals surface area contributed by atoms with Crippen LogP contribution in [-0.4, -0.2) is 40.8 Å². The Kier molecular flexibility index (Phi) is 4.57. The minimum Gasteiger partial charge on any atom is -0.397 e. The first-order valence-corrected chi connectivity index (χ1v) is 10.6. The number of hydrogen-bond acceptors (Lipinski definition) is 5. The van der Waals surface area contributed by atoms with Crippen LogP contribution in [0.3, 0.4) is 0 Å². The van der Waals surface area contributed by atoms with Crippen molar-refractivity contribution >= 4 is 38.3 Å². The molecule has 2 aromatic carbocycles. The molecular formula is C18H20ClN5O2S. The molecule has 9 heteroatoms. The van der Waals surface area contributed by atoms with E-state index in [0.29, 0.717) is 46.4 Å². The molecule has 0 saturated carbocycles. The van der Waals surface area contributed by atoms with Gasteiger partial charge in [0.05, 0.1) is 21.3 Å². The summed E-state index contributed by atoms with van der Waals surface area (Å²) in [5.41, 5.74) is 8.14.